The van der Waals surface area contributed by atoms with E-state index in [1.165, 1.54) is 18.2 Å². The lowest BCUT2D eigenvalue weighted by Gasteiger charge is -2.34. The summed E-state index contributed by atoms with van der Waals surface area (Å²) >= 11 is 5.83. The first-order valence-electron chi connectivity index (χ1n) is 8.60. The summed E-state index contributed by atoms with van der Waals surface area (Å²) in [4.78, 5) is 16.3. The van der Waals surface area contributed by atoms with Gasteiger partial charge in [0.15, 0.2) is 6.61 Å². The second-order valence-electron chi connectivity index (χ2n) is 6.32. The molecule has 1 aromatic heterocycles. The van der Waals surface area contributed by atoms with E-state index in [9.17, 15) is 18.0 Å². The standard InChI is InChI=1S/C18H19ClF3N3O3/c19-13-3-4-15(16(10-13)28-12-18(20,21)22)23-17(26)25-7-5-24(6-8-25)11-14-2-1-9-27-14/h1-4,9-10H,5-8,11-12H2,(H,23,26). The van der Waals surface area contributed by atoms with E-state index in [4.69, 9.17) is 20.8 Å². The Balaban J connectivity index is 1.56. The molecule has 2 aromatic rings. The Morgan fingerprint density at radius 3 is 2.61 bits per heavy atom. The highest BCUT2D eigenvalue weighted by Crippen LogP contribution is 2.30. The summed E-state index contributed by atoms with van der Waals surface area (Å²) in [6.45, 7) is 1.48. The average molecular weight is 418 g/mol. The van der Waals surface area contributed by atoms with Gasteiger partial charge in [-0.1, -0.05) is 11.6 Å². The summed E-state index contributed by atoms with van der Waals surface area (Å²) in [5.41, 5.74) is 0.136. The predicted molar refractivity (Wildman–Crippen MR) is 97.6 cm³/mol. The monoisotopic (exact) mass is 417 g/mol. The number of nitrogens with one attached hydrogen (secondary N) is 1. The van der Waals surface area contributed by atoms with Gasteiger partial charge in [-0.3, -0.25) is 4.90 Å². The van der Waals surface area contributed by atoms with Crippen LogP contribution >= 0.6 is 11.6 Å². The number of piperazine rings is 1. The van der Waals surface area contributed by atoms with E-state index in [1.807, 2.05) is 12.1 Å². The van der Waals surface area contributed by atoms with Crippen molar-refractivity contribution in [3.05, 3.63) is 47.4 Å². The van der Waals surface area contributed by atoms with Crippen LogP contribution in [0.25, 0.3) is 0 Å². The van der Waals surface area contributed by atoms with E-state index in [0.717, 1.165) is 5.76 Å². The number of carbonyl (C=O) groups excluding carboxylic acids is 1. The van der Waals surface area contributed by atoms with Crippen LogP contribution in [0.2, 0.25) is 5.02 Å². The molecular formula is C18H19ClF3N3O3. The maximum atomic E-state index is 12.5. The van der Waals surface area contributed by atoms with Crippen molar-refractivity contribution in [1.29, 1.82) is 0 Å². The van der Waals surface area contributed by atoms with Crippen LogP contribution in [0.3, 0.4) is 0 Å². The topological polar surface area (TPSA) is 58.0 Å². The van der Waals surface area contributed by atoms with E-state index in [-0.39, 0.29) is 16.5 Å². The number of rotatable bonds is 5. The summed E-state index contributed by atoms with van der Waals surface area (Å²) in [6, 6.07) is 7.44. The molecule has 0 aliphatic carbocycles. The Morgan fingerprint density at radius 2 is 1.96 bits per heavy atom. The van der Waals surface area contributed by atoms with E-state index in [1.54, 1.807) is 11.2 Å². The van der Waals surface area contributed by atoms with Gasteiger partial charge in [-0.15, -0.1) is 0 Å². The first kappa shape index (κ1) is 20.3. The van der Waals surface area contributed by atoms with Gasteiger partial charge in [0.1, 0.15) is 11.5 Å². The number of carbonyl (C=O) groups is 1. The summed E-state index contributed by atoms with van der Waals surface area (Å²) in [6.07, 6.45) is -2.88. The second kappa shape index (κ2) is 8.74. The largest absolute Gasteiger partial charge is 0.482 e. The van der Waals surface area contributed by atoms with Crippen LogP contribution in [-0.4, -0.2) is 54.8 Å². The van der Waals surface area contributed by atoms with Gasteiger partial charge in [0.2, 0.25) is 0 Å². The third-order valence-corrected chi connectivity index (χ3v) is 4.43. The van der Waals surface area contributed by atoms with Crippen LogP contribution in [0, 0.1) is 0 Å². The molecule has 2 amide bonds. The van der Waals surface area contributed by atoms with Crippen molar-refractivity contribution in [2.75, 3.05) is 38.1 Å². The van der Waals surface area contributed by atoms with Gasteiger partial charge in [-0.05, 0) is 24.3 Å². The highest BCUT2D eigenvalue weighted by molar-refractivity contribution is 6.30. The van der Waals surface area contributed by atoms with Crippen molar-refractivity contribution in [3.63, 3.8) is 0 Å². The Kier molecular flexibility index (Phi) is 6.35. The number of alkyl halides is 3. The molecule has 1 saturated heterocycles. The summed E-state index contributed by atoms with van der Waals surface area (Å²) < 4.78 is 47.4. The van der Waals surface area contributed by atoms with E-state index in [0.29, 0.717) is 32.7 Å². The quantitative estimate of drug-likeness (QED) is 0.791. The first-order chi connectivity index (χ1) is 13.3. The number of furan rings is 1. The summed E-state index contributed by atoms with van der Waals surface area (Å²) in [5.74, 6) is 0.722. The minimum Gasteiger partial charge on any atom is -0.482 e. The number of benzene rings is 1. The van der Waals surface area contributed by atoms with Crippen LogP contribution in [0.4, 0.5) is 23.7 Å². The van der Waals surface area contributed by atoms with Gasteiger partial charge >= 0.3 is 12.2 Å². The highest BCUT2D eigenvalue weighted by atomic mass is 35.5. The lowest BCUT2D eigenvalue weighted by atomic mass is 10.2. The third kappa shape index (κ3) is 5.80. The van der Waals surface area contributed by atoms with Crippen molar-refractivity contribution in [3.8, 4) is 5.75 Å². The van der Waals surface area contributed by atoms with Crippen LogP contribution in [0.1, 0.15) is 5.76 Å². The number of anilines is 1. The Hall–Kier alpha value is -2.39. The zero-order valence-electron chi connectivity index (χ0n) is 14.8. The molecule has 152 valence electrons. The predicted octanol–water partition coefficient (Wildman–Crippen LogP) is 4.22. The van der Waals surface area contributed by atoms with Gasteiger partial charge in [-0.25, -0.2) is 4.79 Å². The number of amides is 2. The van der Waals surface area contributed by atoms with E-state index >= 15 is 0 Å². The molecule has 0 atom stereocenters. The second-order valence-corrected chi connectivity index (χ2v) is 6.75. The molecular weight excluding hydrogens is 399 g/mol. The fourth-order valence-electron chi connectivity index (χ4n) is 2.80. The van der Waals surface area contributed by atoms with Crippen molar-refractivity contribution >= 4 is 23.3 Å². The molecule has 1 aliphatic rings. The molecule has 1 aliphatic heterocycles. The molecule has 1 N–H and O–H groups in total. The summed E-state index contributed by atoms with van der Waals surface area (Å²) in [7, 11) is 0. The Labute approximate surface area is 164 Å². The number of hydrogen-bond donors (Lipinski definition) is 1. The van der Waals surface area contributed by atoms with Gasteiger partial charge in [0.05, 0.1) is 18.5 Å². The van der Waals surface area contributed by atoms with Crippen LogP contribution in [0.15, 0.2) is 41.0 Å². The molecule has 1 fully saturated rings. The zero-order valence-corrected chi connectivity index (χ0v) is 15.6. The lowest BCUT2D eigenvalue weighted by molar-refractivity contribution is -0.153. The maximum Gasteiger partial charge on any atom is 0.422 e. The molecule has 10 heteroatoms. The highest BCUT2D eigenvalue weighted by Gasteiger charge is 2.29. The number of urea groups is 1. The SMILES string of the molecule is O=C(Nc1ccc(Cl)cc1OCC(F)(F)F)N1CCN(Cc2ccco2)CC1. The van der Waals surface area contributed by atoms with Crippen LogP contribution in [-0.2, 0) is 6.54 Å². The van der Waals surface area contributed by atoms with Crippen molar-refractivity contribution in [2.45, 2.75) is 12.7 Å². The van der Waals surface area contributed by atoms with Crippen LogP contribution < -0.4 is 10.1 Å². The number of halogens is 4. The Morgan fingerprint density at radius 1 is 1.21 bits per heavy atom. The Bertz CT molecular complexity index is 791. The van der Waals surface area contributed by atoms with E-state index in [2.05, 4.69) is 10.2 Å². The normalized spacial score (nSPS) is 15.5. The zero-order chi connectivity index (χ0) is 20.1. The van der Waals surface area contributed by atoms with Crippen molar-refractivity contribution in [2.24, 2.45) is 0 Å². The number of hydrogen-bond acceptors (Lipinski definition) is 4. The van der Waals surface area contributed by atoms with Gasteiger partial charge in [0.25, 0.3) is 0 Å². The molecule has 1 aromatic carbocycles. The number of nitrogens with zero attached hydrogens (tertiary/aromatic N) is 2. The minimum atomic E-state index is -4.49. The molecule has 3 rings (SSSR count). The fraction of sp³-hybridized carbons (Fsp3) is 0.389. The molecule has 0 spiro atoms. The minimum absolute atomic E-state index is 0.130. The summed E-state index contributed by atoms with van der Waals surface area (Å²) in [5, 5.41) is 2.81. The van der Waals surface area contributed by atoms with Crippen molar-refractivity contribution < 1.29 is 27.1 Å². The first-order valence-corrected chi connectivity index (χ1v) is 8.98. The van der Waals surface area contributed by atoms with Crippen molar-refractivity contribution in [1.82, 2.24) is 9.80 Å². The molecule has 28 heavy (non-hydrogen) atoms. The smallest absolute Gasteiger partial charge is 0.422 e. The molecule has 0 unspecified atom stereocenters. The van der Waals surface area contributed by atoms with Gasteiger partial charge < -0.3 is 19.4 Å². The molecule has 0 bridgehead atoms. The molecule has 2 heterocycles. The third-order valence-electron chi connectivity index (χ3n) is 4.20. The molecule has 0 radical (unpaired) electrons. The van der Waals surface area contributed by atoms with E-state index < -0.39 is 18.8 Å². The van der Waals surface area contributed by atoms with Crippen LogP contribution in [0.5, 0.6) is 5.75 Å². The fourth-order valence-corrected chi connectivity index (χ4v) is 2.97. The average Bonchev–Trinajstić information content (AvgIpc) is 3.15. The maximum absolute atomic E-state index is 12.5. The van der Waals surface area contributed by atoms with Gasteiger partial charge in [0, 0.05) is 37.3 Å². The lowest BCUT2D eigenvalue weighted by Crippen LogP contribution is -2.49. The van der Waals surface area contributed by atoms with Gasteiger partial charge in [-0.2, -0.15) is 13.2 Å². The molecule has 6 nitrogen and oxygen atoms in total. The number of ether oxygens (including phenoxy) is 1. The molecule has 0 saturated carbocycles.